The number of amides is 1. The van der Waals surface area contributed by atoms with Crippen LogP contribution in [-0.4, -0.2) is 16.9 Å². The van der Waals surface area contributed by atoms with E-state index < -0.39 is 0 Å². The molecule has 0 spiro atoms. The van der Waals surface area contributed by atoms with Crippen LogP contribution in [0.15, 0.2) is 16.7 Å². The Hall–Kier alpha value is -0.770. The van der Waals surface area contributed by atoms with Gasteiger partial charge in [0.15, 0.2) is 0 Å². The van der Waals surface area contributed by atoms with Gasteiger partial charge in [-0.2, -0.15) is 0 Å². The van der Waals surface area contributed by atoms with Crippen LogP contribution in [0.25, 0.3) is 0 Å². The number of aromatic nitrogens is 1. The second-order valence-electron chi connectivity index (χ2n) is 4.79. The first-order valence-electron chi connectivity index (χ1n) is 4.95. The molecule has 0 aliphatic heterocycles. The van der Waals surface area contributed by atoms with Crippen LogP contribution < -0.4 is 5.32 Å². The van der Waals surface area contributed by atoms with E-state index in [0.717, 1.165) is 4.47 Å². The fraction of sp³-hybridized carbons (Fsp3) is 0.545. The quantitative estimate of drug-likeness (QED) is 0.855. The van der Waals surface area contributed by atoms with E-state index in [1.54, 1.807) is 12.3 Å². The van der Waals surface area contributed by atoms with E-state index in [1.807, 2.05) is 6.92 Å². The molecule has 1 rings (SSSR count). The first-order chi connectivity index (χ1) is 6.80. The van der Waals surface area contributed by atoms with Crippen LogP contribution in [0, 0.1) is 5.41 Å². The van der Waals surface area contributed by atoms with Gasteiger partial charge < -0.3 is 10.3 Å². The molecule has 0 radical (unpaired) electrons. The molecule has 1 amide bonds. The maximum atomic E-state index is 11.8. The van der Waals surface area contributed by atoms with E-state index in [-0.39, 0.29) is 17.4 Å². The highest BCUT2D eigenvalue weighted by Crippen LogP contribution is 2.19. The van der Waals surface area contributed by atoms with Gasteiger partial charge in [-0.15, -0.1) is 0 Å². The van der Waals surface area contributed by atoms with Crippen LogP contribution in [0.4, 0.5) is 0 Å². The number of hydrogen-bond acceptors (Lipinski definition) is 1. The van der Waals surface area contributed by atoms with Crippen molar-refractivity contribution in [3.8, 4) is 0 Å². The lowest BCUT2D eigenvalue weighted by atomic mass is 9.88. The second kappa shape index (κ2) is 4.39. The molecule has 15 heavy (non-hydrogen) atoms. The summed E-state index contributed by atoms with van der Waals surface area (Å²) in [4.78, 5) is 14.7. The summed E-state index contributed by atoms with van der Waals surface area (Å²) in [5.41, 5.74) is 0.650. The van der Waals surface area contributed by atoms with E-state index in [9.17, 15) is 4.79 Å². The van der Waals surface area contributed by atoms with Crippen LogP contribution in [-0.2, 0) is 0 Å². The molecule has 3 nitrogen and oxygen atoms in total. The SMILES string of the molecule is CC(NC(=O)c1cc(Br)c[nH]1)C(C)(C)C. The summed E-state index contributed by atoms with van der Waals surface area (Å²) in [6.45, 7) is 8.31. The smallest absolute Gasteiger partial charge is 0.267 e. The largest absolute Gasteiger partial charge is 0.356 e. The van der Waals surface area contributed by atoms with Crippen LogP contribution >= 0.6 is 15.9 Å². The minimum absolute atomic E-state index is 0.0666. The Labute approximate surface area is 98.8 Å². The normalized spacial score (nSPS) is 13.7. The van der Waals surface area contributed by atoms with Crippen LogP contribution in [0.2, 0.25) is 0 Å². The minimum atomic E-state index is -0.0666. The summed E-state index contributed by atoms with van der Waals surface area (Å²) in [6.07, 6.45) is 1.75. The van der Waals surface area contributed by atoms with E-state index in [1.165, 1.54) is 0 Å². The third kappa shape index (κ3) is 3.38. The Morgan fingerprint density at radius 2 is 2.13 bits per heavy atom. The fourth-order valence-electron chi connectivity index (χ4n) is 0.990. The summed E-state index contributed by atoms with van der Waals surface area (Å²) in [5.74, 6) is -0.0666. The molecule has 0 aromatic carbocycles. The van der Waals surface area contributed by atoms with Gasteiger partial charge in [0.05, 0.1) is 0 Å². The second-order valence-corrected chi connectivity index (χ2v) is 5.71. The number of carbonyl (C=O) groups excluding carboxylic acids is 1. The van der Waals surface area contributed by atoms with Gasteiger partial charge >= 0.3 is 0 Å². The molecule has 4 heteroatoms. The molecular weight excluding hydrogens is 256 g/mol. The Morgan fingerprint density at radius 3 is 2.53 bits per heavy atom. The lowest BCUT2D eigenvalue weighted by Crippen LogP contribution is -2.41. The zero-order valence-corrected chi connectivity index (χ0v) is 11.1. The maximum Gasteiger partial charge on any atom is 0.267 e. The molecule has 84 valence electrons. The third-order valence-corrected chi connectivity index (χ3v) is 3.00. The highest BCUT2D eigenvalue weighted by molar-refractivity contribution is 9.10. The lowest BCUT2D eigenvalue weighted by molar-refractivity contribution is 0.0905. The number of carbonyl (C=O) groups is 1. The molecule has 0 aliphatic rings. The number of H-pyrrole nitrogens is 1. The van der Waals surface area contributed by atoms with Gasteiger partial charge in [0.2, 0.25) is 0 Å². The van der Waals surface area contributed by atoms with Crippen molar-refractivity contribution in [3.05, 3.63) is 22.4 Å². The molecule has 2 N–H and O–H groups in total. The van der Waals surface area contributed by atoms with Gasteiger partial charge in [0, 0.05) is 16.7 Å². The number of hydrogen-bond donors (Lipinski definition) is 2. The zero-order chi connectivity index (χ0) is 11.6. The molecule has 0 aliphatic carbocycles. The van der Waals surface area contributed by atoms with Crippen LogP contribution in [0.1, 0.15) is 38.2 Å². The summed E-state index contributed by atoms with van der Waals surface area (Å²) >= 11 is 3.29. The number of aromatic amines is 1. The summed E-state index contributed by atoms with van der Waals surface area (Å²) in [7, 11) is 0. The number of rotatable bonds is 2. The van der Waals surface area contributed by atoms with E-state index in [0.29, 0.717) is 5.69 Å². The summed E-state index contributed by atoms with van der Waals surface area (Å²) in [6, 6.07) is 1.90. The Bertz CT molecular complexity index is 352. The summed E-state index contributed by atoms with van der Waals surface area (Å²) < 4.78 is 0.885. The van der Waals surface area contributed by atoms with E-state index in [4.69, 9.17) is 0 Å². The molecule has 1 aromatic rings. The van der Waals surface area contributed by atoms with Gasteiger partial charge in [-0.25, -0.2) is 0 Å². The molecule has 1 unspecified atom stereocenters. The summed E-state index contributed by atoms with van der Waals surface area (Å²) in [5, 5.41) is 2.96. The third-order valence-electron chi connectivity index (χ3n) is 2.54. The molecule has 1 heterocycles. The number of nitrogens with one attached hydrogen (secondary N) is 2. The number of halogens is 1. The van der Waals surface area contributed by atoms with Gasteiger partial charge in [0.25, 0.3) is 5.91 Å². The maximum absolute atomic E-state index is 11.8. The Kier molecular flexibility index (Phi) is 3.60. The fourth-order valence-corrected chi connectivity index (χ4v) is 1.33. The van der Waals surface area contributed by atoms with Gasteiger partial charge in [-0.3, -0.25) is 4.79 Å². The zero-order valence-electron chi connectivity index (χ0n) is 9.52. The molecule has 1 aromatic heterocycles. The van der Waals surface area contributed by atoms with Gasteiger partial charge in [-0.05, 0) is 34.3 Å². The topological polar surface area (TPSA) is 44.9 Å². The van der Waals surface area contributed by atoms with Crippen molar-refractivity contribution in [2.45, 2.75) is 33.7 Å². The van der Waals surface area contributed by atoms with E-state index >= 15 is 0 Å². The molecule has 0 bridgehead atoms. The average molecular weight is 273 g/mol. The lowest BCUT2D eigenvalue weighted by Gasteiger charge is -2.27. The van der Waals surface area contributed by atoms with Crippen molar-refractivity contribution in [1.29, 1.82) is 0 Å². The first kappa shape index (κ1) is 12.3. The molecule has 0 saturated heterocycles. The van der Waals surface area contributed by atoms with Gasteiger partial charge in [0.1, 0.15) is 5.69 Å². The van der Waals surface area contributed by atoms with Crippen LogP contribution in [0.5, 0.6) is 0 Å². The van der Waals surface area contributed by atoms with Crippen molar-refractivity contribution >= 4 is 21.8 Å². The van der Waals surface area contributed by atoms with Crippen molar-refractivity contribution in [1.82, 2.24) is 10.3 Å². The predicted octanol–water partition coefficient (Wildman–Crippen LogP) is 2.94. The Morgan fingerprint density at radius 1 is 1.53 bits per heavy atom. The minimum Gasteiger partial charge on any atom is -0.356 e. The van der Waals surface area contributed by atoms with Gasteiger partial charge in [-0.1, -0.05) is 20.8 Å². The highest BCUT2D eigenvalue weighted by atomic mass is 79.9. The predicted molar refractivity (Wildman–Crippen MR) is 64.9 cm³/mol. The Balaban J connectivity index is 2.64. The average Bonchev–Trinajstić information content (AvgIpc) is 2.50. The molecule has 0 fully saturated rings. The van der Waals surface area contributed by atoms with Crippen molar-refractivity contribution in [3.63, 3.8) is 0 Å². The van der Waals surface area contributed by atoms with Crippen LogP contribution in [0.3, 0.4) is 0 Å². The first-order valence-corrected chi connectivity index (χ1v) is 5.75. The van der Waals surface area contributed by atoms with E-state index in [2.05, 4.69) is 47.0 Å². The molecule has 0 saturated carbocycles. The van der Waals surface area contributed by atoms with Crippen molar-refractivity contribution < 1.29 is 4.79 Å². The highest BCUT2D eigenvalue weighted by Gasteiger charge is 2.22. The monoisotopic (exact) mass is 272 g/mol. The standard InChI is InChI=1S/C11H17BrN2O/c1-7(11(2,3)4)14-10(15)9-5-8(12)6-13-9/h5-7,13H,1-4H3,(H,14,15). The van der Waals surface area contributed by atoms with Crippen molar-refractivity contribution in [2.75, 3.05) is 0 Å². The van der Waals surface area contributed by atoms with Crippen molar-refractivity contribution in [2.24, 2.45) is 5.41 Å². The molecular formula is C11H17BrN2O. The molecule has 1 atom stereocenters.